The molecule has 0 saturated carbocycles. The van der Waals surface area contributed by atoms with Gasteiger partial charge in [-0.1, -0.05) is 62.4 Å². The van der Waals surface area contributed by atoms with E-state index in [1.54, 1.807) is 35.6 Å². The number of nitrogens with zero attached hydrogens (tertiary/aromatic N) is 3. The van der Waals surface area contributed by atoms with Gasteiger partial charge in [0.05, 0.1) is 22.3 Å². The predicted octanol–water partition coefficient (Wildman–Crippen LogP) is 7.09. The molecule has 1 heterocycles. The van der Waals surface area contributed by atoms with E-state index in [2.05, 4.69) is 55.0 Å². The van der Waals surface area contributed by atoms with Crippen molar-refractivity contribution in [1.29, 1.82) is 0 Å². The fourth-order valence-electron chi connectivity index (χ4n) is 3.80. The lowest BCUT2D eigenvalue weighted by Gasteiger charge is -2.18. The summed E-state index contributed by atoms with van der Waals surface area (Å²) in [6.45, 7) is 6.50. The van der Waals surface area contributed by atoms with Crippen LogP contribution < -0.4 is 4.80 Å². The van der Waals surface area contributed by atoms with Crippen LogP contribution in [0.4, 0.5) is 11.4 Å². The lowest BCUT2D eigenvalue weighted by molar-refractivity contribution is -0.384. The summed E-state index contributed by atoms with van der Waals surface area (Å²) >= 11 is 1.58. The third kappa shape index (κ3) is 4.41. The Bertz CT molecular complexity index is 1290. The van der Waals surface area contributed by atoms with Gasteiger partial charge in [-0.2, -0.15) is 0 Å². The van der Waals surface area contributed by atoms with Gasteiger partial charge >= 0.3 is 0 Å². The topological polar surface area (TPSA) is 60.4 Å². The molecule has 5 nitrogen and oxygen atoms in total. The van der Waals surface area contributed by atoms with Crippen molar-refractivity contribution in [2.24, 2.45) is 4.99 Å². The lowest BCUT2D eigenvalue weighted by atomic mass is 10.0. The maximum Gasteiger partial charge on any atom is 0.269 e. The largest absolute Gasteiger partial charge is 0.309 e. The van der Waals surface area contributed by atoms with E-state index >= 15 is 0 Å². The van der Waals surface area contributed by atoms with Crippen molar-refractivity contribution in [2.75, 3.05) is 0 Å². The van der Waals surface area contributed by atoms with Crippen LogP contribution in [-0.4, -0.2) is 9.49 Å². The van der Waals surface area contributed by atoms with Gasteiger partial charge in [0.2, 0.25) is 0 Å². The molecule has 0 N–H and O–H groups in total. The van der Waals surface area contributed by atoms with Gasteiger partial charge in [-0.05, 0) is 47.7 Å². The molecule has 1 atom stereocenters. The Kier molecular flexibility index (Phi) is 6.32. The molecule has 0 saturated heterocycles. The molecular weight excluding hydrogens is 418 g/mol. The van der Waals surface area contributed by atoms with E-state index in [0.717, 1.165) is 21.7 Å². The zero-order valence-electron chi connectivity index (χ0n) is 18.3. The SMILES string of the molecule is CC(C)c1ccccc1N=c1scc(-c2ccc([N+](=O)[O-])cc2)n1C(C)c1ccccc1. The summed E-state index contributed by atoms with van der Waals surface area (Å²) in [6.07, 6.45) is 0. The fraction of sp³-hybridized carbons (Fsp3) is 0.192. The highest BCUT2D eigenvalue weighted by molar-refractivity contribution is 7.07. The van der Waals surface area contributed by atoms with E-state index in [1.807, 2.05) is 30.3 Å². The number of nitro groups is 1. The van der Waals surface area contributed by atoms with E-state index in [9.17, 15) is 10.1 Å². The van der Waals surface area contributed by atoms with Crippen LogP contribution >= 0.6 is 11.3 Å². The van der Waals surface area contributed by atoms with E-state index in [-0.39, 0.29) is 16.7 Å². The van der Waals surface area contributed by atoms with Crippen molar-refractivity contribution in [1.82, 2.24) is 4.57 Å². The van der Waals surface area contributed by atoms with E-state index in [1.165, 1.54) is 11.1 Å². The molecule has 0 aliphatic heterocycles. The standard InChI is InChI=1S/C26H25N3O2S/c1-18(2)23-11-7-8-12-24(23)27-26-28(19(3)20-9-5-4-6-10-20)25(17-32-26)21-13-15-22(16-14-21)29(30)31/h4-19H,1-3H3. The minimum Gasteiger partial charge on any atom is -0.309 e. The van der Waals surface area contributed by atoms with Crippen LogP contribution in [0.1, 0.15) is 43.9 Å². The van der Waals surface area contributed by atoms with Crippen molar-refractivity contribution < 1.29 is 4.92 Å². The molecular formula is C26H25N3O2S. The number of hydrogen-bond acceptors (Lipinski definition) is 4. The molecule has 4 rings (SSSR count). The van der Waals surface area contributed by atoms with Crippen LogP contribution in [-0.2, 0) is 0 Å². The van der Waals surface area contributed by atoms with E-state index in [4.69, 9.17) is 4.99 Å². The molecule has 0 radical (unpaired) electrons. The molecule has 1 aromatic heterocycles. The first-order valence-electron chi connectivity index (χ1n) is 10.6. The molecule has 0 aliphatic rings. The normalized spacial score (nSPS) is 12.8. The average molecular weight is 444 g/mol. The summed E-state index contributed by atoms with van der Waals surface area (Å²) in [5.41, 5.74) is 5.34. The number of rotatable bonds is 6. The molecule has 0 aliphatic carbocycles. The van der Waals surface area contributed by atoms with Gasteiger partial charge in [-0.25, -0.2) is 4.99 Å². The number of hydrogen-bond donors (Lipinski definition) is 0. The molecule has 32 heavy (non-hydrogen) atoms. The van der Waals surface area contributed by atoms with Crippen LogP contribution in [0.15, 0.2) is 89.2 Å². The zero-order chi connectivity index (χ0) is 22.7. The summed E-state index contributed by atoms with van der Waals surface area (Å²) in [4.78, 5) is 16.7. The van der Waals surface area contributed by atoms with Crippen molar-refractivity contribution in [3.63, 3.8) is 0 Å². The Morgan fingerprint density at radius 1 is 0.906 bits per heavy atom. The number of nitro benzene ring substituents is 1. The molecule has 0 spiro atoms. The highest BCUT2D eigenvalue weighted by Crippen LogP contribution is 2.30. The Morgan fingerprint density at radius 3 is 2.22 bits per heavy atom. The second-order valence-corrected chi connectivity index (χ2v) is 8.83. The number of thiazole rings is 1. The third-order valence-electron chi connectivity index (χ3n) is 5.56. The Balaban J connectivity index is 1.91. The Morgan fingerprint density at radius 2 is 1.56 bits per heavy atom. The Labute approximate surface area is 191 Å². The summed E-state index contributed by atoms with van der Waals surface area (Å²) < 4.78 is 2.22. The second kappa shape index (κ2) is 9.32. The van der Waals surface area contributed by atoms with Crippen LogP contribution in [0.25, 0.3) is 11.3 Å². The van der Waals surface area contributed by atoms with Gasteiger partial charge in [0.15, 0.2) is 4.80 Å². The molecule has 4 aromatic rings. The van der Waals surface area contributed by atoms with Crippen LogP contribution in [0.2, 0.25) is 0 Å². The minimum absolute atomic E-state index is 0.0394. The quantitative estimate of drug-likeness (QED) is 0.236. The van der Waals surface area contributed by atoms with E-state index in [0.29, 0.717) is 5.92 Å². The number of benzene rings is 3. The van der Waals surface area contributed by atoms with Crippen LogP contribution in [0.3, 0.4) is 0 Å². The average Bonchev–Trinajstić information content (AvgIpc) is 3.22. The first-order chi connectivity index (χ1) is 15.5. The molecule has 162 valence electrons. The van der Waals surface area contributed by atoms with Crippen molar-refractivity contribution in [3.05, 3.63) is 110 Å². The van der Waals surface area contributed by atoms with Crippen molar-refractivity contribution in [3.8, 4) is 11.3 Å². The highest BCUT2D eigenvalue weighted by atomic mass is 32.1. The van der Waals surface area contributed by atoms with Crippen molar-refractivity contribution in [2.45, 2.75) is 32.7 Å². The molecule has 1 unspecified atom stereocenters. The number of non-ortho nitro benzene ring substituents is 1. The summed E-state index contributed by atoms with van der Waals surface area (Å²) in [7, 11) is 0. The third-order valence-corrected chi connectivity index (χ3v) is 6.40. The van der Waals surface area contributed by atoms with Gasteiger partial charge in [0.1, 0.15) is 0 Å². The summed E-state index contributed by atoms with van der Waals surface area (Å²) in [6, 6.07) is 25.3. The number of para-hydroxylation sites is 1. The molecule has 0 bridgehead atoms. The smallest absolute Gasteiger partial charge is 0.269 e. The molecule has 3 aromatic carbocycles. The van der Waals surface area contributed by atoms with Crippen molar-refractivity contribution >= 4 is 22.7 Å². The van der Waals surface area contributed by atoms with E-state index < -0.39 is 0 Å². The van der Waals surface area contributed by atoms with Crippen LogP contribution in [0.5, 0.6) is 0 Å². The molecule has 0 fully saturated rings. The maximum atomic E-state index is 11.1. The first-order valence-corrected chi connectivity index (χ1v) is 11.5. The Hall–Kier alpha value is -3.51. The van der Waals surface area contributed by atoms with Gasteiger partial charge < -0.3 is 4.57 Å². The monoisotopic (exact) mass is 443 g/mol. The van der Waals surface area contributed by atoms with Gasteiger partial charge in [0.25, 0.3) is 5.69 Å². The summed E-state index contributed by atoms with van der Waals surface area (Å²) in [5.74, 6) is 0.365. The maximum absolute atomic E-state index is 11.1. The zero-order valence-corrected chi connectivity index (χ0v) is 19.1. The van der Waals surface area contributed by atoms with Crippen LogP contribution in [0, 0.1) is 10.1 Å². The highest BCUT2D eigenvalue weighted by Gasteiger charge is 2.17. The molecule has 0 amide bonds. The number of aromatic nitrogens is 1. The minimum atomic E-state index is -0.373. The van der Waals surface area contributed by atoms with Gasteiger partial charge in [0, 0.05) is 17.5 Å². The first kappa shape index (κ1) is 21.7. The van der Waals surface area contributed by atoms with Gasteiger partial charge in [-0.3, -0.25) is 10.1 Å². The predicted molar refractivity (Wildman–Crippen MR) is 130 cm³/mol. The summed E-state index contributed by atoms with van der Waals surface area (Å²) in [5, 5.41) is 13.2. The lowest BCUT2D eigenvalue weighted by Crippen LogP contribution is -2.20. The fourth-order valence-corrected chi connectivity index (χ4v) is 4.79. The second-order valence-electron chi connectivity index (χ2n) is 7.99. The molecule has 6 heteroatoms. The van der Waals surface area contributed by atoms with Gasteiger partial charge in [-0.15, -0.1) is 11.3 Å².